The van der Waals surface area contributed by atoms with Crippen LogP contribution in [0.2, 0.25) is 0 Å². The molecule has 5 rings (SSSR count). The van der Waals surface area contributed by atoms with Crippen LogP contribution in [-0.2, 0) is 19.1 Å². The van der Waals surface area contributed by atoms with E-state index in [4.69, 9.17) is 19.5 Å². The van der Waals surface area contributed by atoms with Gasteiger partial charge in [0.15, 0.2) is 0 Å². The van der Waals surface area contributed by atoms with Gasteiger partial charge in [-0.05, 0) is 87.9 Å². The van der Waals surface area contributed by atoms with Gasteiger partial charge in [-0.1, -0.05) is 25.4 Å². The summed E-state index contributed by atoms with van der Waals surface area (Å²) in [5, 5.41) is 4.84. The van der Waals surface area contributed by atoms with Crippen molar-refractivity contribution in [1.82, 2.24) is 0 Å². The van der Waals surface area contributed by atoms with Crippen molar-refractivity contribution < 1.29 is 19.1 Å². The number of carbonyl (C=O) groups is 1. The molecule has 0 unspecified atom stereocenters. The Morgan fingerprint density at radius 2 is 1.78 bits per heavy atom. The SMILES string of the molecule is CCOC(=O)[C@]1(C)CCC[C@@]2(C)[C@@H]3CC[C@@]4(C)C[C@]3(CC[C@@H]21)C/C4=N\OC1CCOCC1. The standard InChI is InChI=1S/C27H43NO4/c1-5-31-23(29)26(4)12-6-11-25(3)20(26)8-14-27-17-22(24(2,18-27)13-7-21(25)27)28-32-19-9-15-30-16-10-19/h19-21H,5-18H2,1-4H3/b28-22+/t20-,21-,24-,25+,26+,27-/m0/s1. The summed E-state index contributed by atoms with van der Waals surface area (Å²) in [4.78, 5) is 19.2. The molecule has 1 aliphatic heterocycles. The molecule has 2 bridgehead atoms. The molecule has 5 aliphatic rings. The first-order valence-corrected chi connectivity index (χ1v) is 13.2. The van der Waals surface area contributed by atoms with E-state index in [-0.39, 0.29) is 28.3 Å². The average Bonchev–Trinajstić information content (AvgIpc) is 2.97. The number of carbonyl (C=O) groups excluding carboxylic acids is 1. The van der Waals surface area contributed by atoms with Gasteiger partial charge in [0.1, 0.15) is 6.10 Å². The van der Waals surface area contributed by atoms with Crippen LogP contribution < -0.4 is 0 Å². The summed E-state index contributed by atoms with van der Waals surface area (Å²) in [6.45, 7) is 11.2. The maximum atomic E-state index is 13.1. The lowest BCUT2D eigenvalue weighted by Crippen LogP contribution is -2.58. The van der Waals surface area contributed by atoms with Crippen LogP contribution in [-0.4, -0.2) is 37.6 Å². The number of nitrogens with zero attached hydrogens (tertiary/aromatic N) is 1. The number of esters is 1. The molecule has 1 spiro atoms. The van der Waals surface area contributed by atoms with Gasteiger partial charge in [0.2, 0.25) is 0 Å². The third kappa shape index (κ3) is 3.35. The third-order valence-corrected chi connectivity index (χ3v) is 10.6. The topological polar surface area (TPSA) is 57.1 Å². The van der Waals surface area contributed by atoms with E-state index < -0.39 is 0 Å². The van der Waals surface area contributed by atoms with E-state index in [1.807, 2.05) is 6.92 Å². The van der Waals surface area contributed by atoms with E-state index in [0.29, 0.717) is 23.9 Å². The molecule has 32 heavy (non-hydrogen) atoms. The monoisotopic (exact) mass is 445 g/mol. The molecular weight excluding hydrogens is 402 g/mol. The molecule has 0 aromatic rings. The lowest BCUT2D eigenvalue weighted by Gasteiger charge is -2.64. The molecule has 5 heteroatoms. The Morgan fingerprint density at radius 1 is 1.03 bits per heavy atom. The fourth-order valence-electron chi connectivity index (χ4n) is 9.13. The fraction of sp³-hybridized carbons (Fsp3) is 0.926. The molecule has 1 heterocycles. The van der Waals surface area contributed by atoms with Crippen molar-refractivity contribution in [2.24, 2.45) is 38.7 Å². The van der Waals surface area contributed by atoms with E-state index in [2.05, 4.69) is 20.8 Å². The maximum Gasteiger partial charge on any atom is 0.312 e. The lowest BCUT2D eigenvalue weighted by atomic mass is 9.40. The van der Waals surface area contributed by atoms with Gasteiger partial charge < -0.3 is 14.3 Å². The summed E-state index contributed by atoms with van der Waals surface area (Å²) in [6.07, 6.45) is 12.7. The zero-order valence-electron chi connectivity index (χ0n) is 20.7. The summed E-state index contributed by atoms with van der Waals surface area (Å²) < 4.78 is 11.1. The number of fused-ring (bicyclic) bond motifs is 3. The average molecular weight is 446 g/mol. The third-order valence-electron chi connectivity index (χ3n) is 10.6. The van der Waals surface area contributed by atoms with Crippen LogP contribution in [0.15, 0.2) is 5.16 Å². The van der Waals surface area contributed by atoms with E-state index in [1.165, 1.54) is 37.8 Å². The summed E-state index contributed by atoms with van der Waals surface area (Å²) in [7, 11) is 0. The normalized spacial score (nSPS) is 47.6. The molecule has 0 radical (unpaired) electrons. The quantitative estimate of drug-likeness (QED) is 0.399. The molecule has 0 amide bonds. The molecule has 0 aromatic carbocycles. The van der Waals surface area contributed by atoms with Gasteiger partial charge >= 0.3 is 5.97 Å². The first-order valence-electron chi connectivity index (χ1n) is 13.2. The highest BCUT2D eigenvalue weighted by Gasteiger charge is 2.67. The van der Waals surface area contributed by atoms with Crippen LogP contribution in [0.4, 0.5) is 0 Å². The lowest BCUT2D eigenvalue weighted by molar-refractivity contribution is -0.187. The van der Waals surface area contributed by atoms with E-state index in [0.717, 1.165) is 51.7 Å². The van der Waals surface area contributed by atoms with Crippen molar-refractivity contribution in [2.75, 3.05) is 19.8 Å². The Labute approximate surface area is 194 Å². The fourth-order valence-corrected chi connectivity index (χ4v) is 9.13. The van der Waals surface area contributed by atoms with Gasteiger partial charge in [-0.25, -0.2) is 0 Å². The van der Waals surface area contributed by atoms with Crippen molar-refractivity contribution in [3.05, 3.63) is 0 Å². The number of rotatable bonds is 4. The minimum Gasteiger partial charge on any atom is -0.466 e. The van der Waals surface area contributed by atoms with Crippen LogP contribution >= 0.6 is 0 Å². The predicted octanol–water partition coefficient (Wildman–Crippen LogP) is 5.90. The Hall–Kier alpha value is -1.10. The van der Waals surface area contributed by atoms with E-state index in [9.17, 15) is 4.79 Å². The number of ether oxygens (including phenoxy) is 2. The summed E-state index contributed by atoms with van der Waals surface area (Å²) in [5.74, 6) is 1.15. The zero-order chi connectivity index (χ0) is 22.6. The molecule has 4 aliphatic carbocycles. The van der Waals surface area contributed by atoms with Crippen molar-refractivity contribution in [2.45, 2.75) is 104 Å². The molecule has 6 atom stereocenters. The van der Waals surface area contributed by atoms with Crippen molar-refractivity contribution in [3.63, 3.8) is 0 Å². The number of hydrogen-bond acceptors (Lipinski definition) is 5. The molecule has 5 fully saturated rings. The van der Waals surface area contributed by atoms with Gasteiger partial charge in [0.05, 0.1) is 30.9 Å². The highest BCUT2D eigenvalue weighted by molar-refractivity contribution is 5.93. The molecule has 1 saturated heterocycles. The molecule has 0 N–H and O–H groups in total. The number of hydrogen-bond donors (Lipinski definition) is 0. The second-order valence-electron chi connectivity index (χ2n) is 12.4. The molecule has 180 valence electrons. The Balaban J connectivity index is 1.40. The van der Waals surface area contributed by atoms with Gasteiger partial charge in [-0.2, -0.15) is 0 Å². The zero-order valence-corrected chi connectivity index (χ0v) is 20.7. The number of oxime groups is 1. The summed E-state index contributed by atoms with van der Waals surface area (Å²) >= 11 is 0. The van der Waals surface area contributed by atoms with Crippen LogP contribution in [0.3, 0.4) is 0 Å². The second-order valence-corrected chi connectivity index (χ2v) is 12.4. The molecular formula is C27H43NO4. The summed E-state index contributed by atoms with van der Waals surface area (Å²) in [6, 6.07) is 0. The molecule has 4 saturated carbocycles. The van der Waals surface area contributed by atoms with Crippen molar-refractivity contribution in [3.8, 4) is 0 Å². The first-order chi connectivity index (χ1) is 15.3. The van der Waals surface area contributed by atoms with Crippen LogP contribution in [0.25, 0.3) is 0 Å². The summed E-state index contributed by atoms with van der Waals surface area (Å²) in [5.41, 5.74) is 1.73. The first kappa shape index (κ1) is 22.7. The highest BCUT2D eigenvalue weighted by atomic mass is 16.6. The van der Waals surface area contributed by atoms with E-state index in [1.54, 1.807) is 0 Å². The highest BCUT2D eigenvalue weighted by Crippen LogP contribution is 2.73. The predicted molar refractivity (Wildman–Crippen MR) is 124 cm³/mol. The maximum absolute atomic E-state index is 13.1. The van der Waals surface area contributed by atoms with E-state index >= 15 is 0 Å². The second kappa shape index (κ2) is 7.99. The molecule has 5 nitrogen and oxygen atoms in total. The van der Waals surface area contributed by atoms with Gasteiger partial charge in [-0.15, -0.1) is 0 Å². The largest absolute Gasteiger partial charge is 0.466 e. The smallest absolute Gasteiger partial charge is 0.312 e. The van der Waals surface area contributed by atoms with Crippen LogP contribution in [0.1, 0.15) is 98.3 Å². The Kier molecular flexibility index (Phi) is 5.66. The minimum absolute atomic E-state index is 0.0473. The van der Waals surface area contributed by atoms with Crippen molar-refractivity contribution in [1.29, 1.82) is 0 Å². The van der Waals surface area contributed by atoms with Crippen LogP contribution in [0.5, 0.6) is 0 Å². The van der Waals surface area contributed by atoms with Gasteiger partial charge in [-0.3, -0.25) is 4.79 Å². The van der Waals surface area contributed by atoms with Crippen molar-refractivity contribution >= 4 is 11.7 Å². The van der Waals surface area contributed by atoms with Gasteiger partial charge in [0, 0.05) is 18.3 Å². The Bertz CT molecular complexity index is 776. The van der Waals surface area contributed by atoms with Crippen LogP contribution in [0, 0.1) is 33.5 Å². The minimum atomic E-state index is -0.326. The van der Waals surface area contributed by atoms with Gasteiger partial charge in [0.25, 0.3) is 0 Å². The Morgan fingerprint density at radius 3 is 2.53 bits per heavy atom. The molecule has 0 aromatic heterocycles.